The Morgan fingerprint density at radius 2 is 1.81 bits per heavy atom. The summed E-state index contributed by atoms with van der Waals surface area (Å²) in [5.41, 5.74) is 1.99. The van der Waals surface area contributed by atoms with Crippen molar-refractivity contribution in [2.24, 2.45) is 5.92 Å². The van der Waals surface area contributed by atoms with Crippen LogP contribution in [-0.2, 0) is 11.3 Å². The van der Waals surface area contributed by atoms with Crippen LogP contribution in [0.3, 0.4) is 0 Å². The van der Waals surface area contributed by atoms with Crippen LogP contribution in [0.15, 0.2) is 41.3 Å². The van der Waals surface area contributed by atoms with Crippen molar-refractivity contribution in [3.05, 3.63) is 63.8 Å². The molecule has 8 heteroatoms. The number of pyridine rings is 1. The highest BCUT2D eigenvalue weighted by Gasteiger charge is 2.23. The number of anilines is 1. The smallest absolute Gasteiger partial charge is 0.252 e. The van der Waals surface area contributed by atoms with Crippen LogP contribution in [-0.4, -0.2) is 44.7 Å². The lowest BCUT2D eigenvalue weighted by Gasteiger charge is -2.35. The Labute approximate surface area is 213 Å². The molecule has 36 heavy (non-hydrogen) atoms. The molecule has 0 amide bonds. The van der Waals surface area contributed by atoms with Gasteiger partial charge in [-0.25, -0.2) is 9.37 Å². The van der Waals surface area contributed by atoms with E-state index in [0.29, 0.717) is 23.7 Å². The average molecular weight is 498 g/mol. The fraction of sp³-hybridized carbons (Fsp3) is 0.536. The summed E-state index contributed by atoms with van der Waals surface area (Å²) >= 11 is 0. The normalized spacial score (nSPS) is 20.2. The molecule has 4 atom stereocenters. The van der Waals surface area contributed by atoms with Crippen molar-refractivity contribution in [2.75, 3.05) is 18.4 Å². The lowest BCUT2D eigenvalue weighted by Crippen LogP contribution is -2.44. The number of hydrogen-bond acceptors (Lipinski definition) is 6. The minimum Gasteiger partial charge on any atom is -0.373 e. The highest BCUT2D eigenvalue weighted by Crippen LogP contribution is 2.24. The number of benzene rings is 1. The van der Waals surface area contributed by atoms with E-state index in [1.165, 1.54) is 0 Å². The van der Waals surface area contributed by atoms with Crippen LogP contribution in [0.2, 0.25) is 0 Å². The summed E-state index contributed by atoms with van der Waals surface area (Å²) in [7, 11) is 0. The van der Waals surface area contributed by atoms with E-state index in [-0.39, 0.29) is 49.0 Å². The van der Waals surface area contributed by atoms with E-state index in [2.05, 4.69) is 34.0 Å². The van der Waals surface area contributed by atoms with Crippen molar-refractivity contribution in [1.82, 2.24) is 19.4 Å². The number of rotatable bonds is 7. The standard InChI is InChI=1S/C27H36FN5O2.CH4/c1-16(2)20(6)33-25(34)10-9-22-12-29-27(31-26(22)33)30-19(5)21-7-8-23(24(28)11-21)15-32-13-17(3)35-18(4)14-32;/h7-12,16-20H,13-15H2,1-6H3,(H,29,30,31);1H4/t17-,18+,19-,20-;/m0./s1. The Kier molecular flexibility index (Phi) is 8.84. The predicted octanol–water partition coefficient (Wildman–Crippen LogP) is 5.57. The van der Waals surface area contributed by atoms with Gasteiger partial charge in [0, 0.05) is 48.9 Å². The largest absolute Gasteiger partial charge is 0.373 e. The highest BCUT2D eigenvalue weighted by atomic mass is 19.1. The minimum absolute atomic E-state index is 0. The lowest BCUT2D eigenvalue weighted by atomic mass is 10.0. The van der Waals surface area contributed by atoms with Crippen molar-refractivity contribution in [3.63, 3.8) is 0 Å². The first-order chi connectivity index (χ1) is 16.6. The first-order valence-corrected chi connectivity index (χ1v) is 12.4. The molecule has 0 spiro atoms. The van der Waals surface area contributed by atoms with Crippen LogP contribution >= 0.6 is 0 Å². The maximum atomic E-state index is 15.0. The molecule has 0 unspecified atom stereocenters. The number of hydrogen-bond donors (Lipinski definition) is 1. The molecule has 7 nitrogen and oxygen atoms in total. The zero-order valence-corrected chi connectivity index (χ0v) is 21.5. The Bertz CT molecular complexity index is 1230. The fourth-order valence-corrected chi connectivity index (χ4v) is 4.69. The summed E-state index contributed by atoms with van der Waals surface area (Å²) in [6.45, 7) is 14.4. The third kappa shape index (κ3) is 6.10. The zero-order valence-electron chi connectivity index (χ0n) is 21.5. The third-order valence-electron chi connectivity index (χ3n) is 6.85. The van der Waals surface area contributed by atoms with Gasteiger partial charge in [-0.1, -0.05) is 33.4 Å². The molecular formula is C28H40FN5O2. The summed E-state index contributed by atoms with van der Waals surface area (Å²) in [4.78, 5) is 23.9. The highest BCUT2D eigenvalue weighted by molar-refractivity contribution is 5.75. The quantitative estimate of drug-likeness (QED) is 0.460. The van der Waals surface area contributed by atoms with E-state index in [9.17, 15) is 4.79 Å². The number of aromatic nitrogens is 3. The first kappa shape index (κ1) is 27.7. The van der Waals surface area contributed by atoms with E-state index < -0.39 is 0 Å². The van der Waals surface area contributed by atoms with Crippen LogP contribution in [0.5, 0.6) is 0 Å². The van der Waals surface area contributed by atoms with Crippen molar-refractivity contribution in [1.29, 1.82) is 0 Å². The van der Waals surface area contributed by atoms with Gasteiger partial charge in [-0.15, -0.1) is 0 Å². The van der Waals surface area contributed by atoms with Crippen molar-refractivity contribution < 1.29 is 9.13 Å². The average Bonchev–Trinajstić information content (AvgIpc) is 2.79. The summed E-state index contributed by atoms with van der Waals surface area (Å²) in [6, 6.07) is 8.47. The van der Waals surface area contributed by atoms with Crippen LogP contribution in [0.25, 0.3) is 11.0 Å². The molecule has 2 aromatic heterocycles. The first-order valence-electron chi connectivity index (χ1n) is 12.4. The second kappa shape index (κ2) is 11.5. The van der Waals surface area contributed by atoms with E-state index >= 15 is 4.39 Å². The van der Waals surface area contributed by atoms with Crippen molar-refractivity contribution >= 4 is 17.0 Å². The van der Waals surface area contributed by atoms with Gasteiger partial charge in [0.2, 0.25) is 5.95 Å². The second-order valence-electron chi connectivity index (χ2n) is 10.2. The van der Waals surface area contributed by atoms with Gasteiger partial charge in [-0.3, -0.25) is 14.3 Å². The monoisotopic (exact) mass is 497 g/mol. The Morgan fingerprint density at radius 3 is 2.44 bits per heavy atom. The van der Waals surface area contributed by atoms with Gasteiger partial charge in [0.05, 0.1) is 18.2 Å². The summed E-state index contributed by atoms with van der Waals surface area (Å²) in [5.74, 6) is 0.456. The molecule has 1 aliphatic heterocycles. The van der Waals surface area contributed by atoms with Crippen LogP contribution < -0.4 is 10.9 Å². The van der Waals surface area contributed by atoms with Crippen molar-refractivity contribution in [2.45, 2.75) is 79.8 Å². The molecule has 0 saturated carbocycles. The van der Waals surface area contributed by atoms with E-state index in [4.69, 9.17) is 4.74 Å². The van der Waals surface area contributed by atoms with E-state index in [1.807, 2.05) is 39.8 Å². The molecule has 1 fully saturated rings. The molecule has 1 aromatic carbocycles. The van der Waals surface area contributed by atoms with Crippen LogP contribution in [0.1, 0.15) is 72.2 Å². The third-order valence-corrected chi connectivity index (χ3v) is 6.85. The fourth-order valence-electron chi connectivity index (χ4n) is 4.69. The summed E-state index contributed by atoms with van der Waals surface area (Å²) in [6.07, 6.45) is 2.01. The van der Waals surface area contributed by atoms with E-state index in [0.717, 1.165) is 24.0 Å². The Balaban J connectivity index is 0.00000361. The number of halogens is 1. The molecule has 1 saturated heterocycles. The van der Waals surface area contributed by atoms with Crippen LogP contribution in [0, 0.1) is 11.7 Å². The Hall–Kier alpha value is -2.84. The molecule has 1 N–H and O–H groups in total. The molecule has 0 radical (unpaired) electrons. The van der Waals surface area contributed by atoms with Gasteiger partial charge in [-0.2, -0.15) is 4.98 Å². The van der Waals surface area contributed by atoms with E-state index in [1.54, 1.807) is 29.0 Å². The Morgan fingerprint density at radius 1 is 1.11 bits per heavy atom. The second-order valence-corrected chi connectivity index (χ2v) is 10.2. The van der Waals surface area contributed by atoms with Crippen molar-refractivity contribution in [3.8, 4) is 0 Å². The molecule has 1 aliphatic rings. The molecule has 0 aliphatic carbocycles. The summed E-state index contributed by atoms with van der Waals surface area (Å²) in [5, 5.41) is 4.08. The molecule has 4 rings (SSSR count). The minimum atomic E-state index is -0.220. The number of nitrogens with one attached hydrogen (secondary N) is 1. The maximum Gasteiger partial charge on any atom is 0.252 e. The summed E-state index contributed by atoms with van der Waals surface area (Å²) < 4.78 is 22.5. The van der Waals surface area contributed by atoms with Gasteiger partial charge >= 0.3 is 0 Å². The molecule has 3 heterocycles. The van der Waals surface area contributed by atoms with Gasteiger partial charge < -0.3 is 10.1 Å². The number of nitrogens with zero attached hydrogens (tertiary/aromatic N) is 4. The molecule has 3 aromatic rings. The lowest BCUT2D eigenvalue weighted by molar-refractivity contribution is -0.0707. The number of ether oxygens (including phenoxy) is 1. The molecule has 0 bridgehead atoms. The van der Waals surface area contributed by atoms with Crippen LogP contribution in [0.4, 0.5) is 10.3 Å². The van der Waals surface area contributed by atoms with Gasteiger partial charge in [0.15, 0.2) is 0 Å². The number of morpholine rings is 1. The topological polar surface area (TPSA) is 72.3 Å². The zero-order chi connectivity index (χ0) is 25.3. The molecule has 196 valence electrons. The van der Waals surface area contributed by atoms with Gasteiger partial charge in [-0.05, 0) is 51.3 Å². The predicted molar refractivity (Wildman–Crippen MR) is 144 cm³/mol. The SMILES string of the molecule is C.CC(C)[C@H](C)n1c(=O)ccc2cnc(N[C@@H](C)c3ccc(CN4C[C@@H](C)O[C@@H](C)C4)c(F)c3)nc21. The van der Waals surface area contributed by atoms with Gasteiger partial charge in [0.25, 0.3) is 5.56 Å². The van der Waals surface area contributed by atoms with Gasteiger partial charge in [0.1, 0.15) is 11.5 Å². The number of fused-ring (bicyclic) bond motifs is 1. The maximum absolute atomic E-state index is 15.0. The molecular weight excluding hydrogens is 457 g/mol.